The fraction of sp³-hybridized carbons (Fsp3) is 0.222. The largest absolute Gasteiger partial charge is 0.480 e. The minimum atomic E-state index is -0.919. The molecule has 4 N–H and O–H groups in total. The average Bonchev–Trinajstić information content (AvgIpc) is 3.48. The number of carbonyl (C=O) groups is 3. The first-order valence-corrected chi connectivity index (χ1v) is 17.9. The maximum absolute atomic E-state index is 11.6. The first-order valence-electron chi connectivity index (χ1n) is 15.5. The number of hydrogen-bond donors (Lipinski definition) is 4. The summed E-state index contributed by atoms with van der Waals surface area (Å²) in [5.41, 5.74) is 5.59. The Balaban J connectivity index is 0.000000195. The lowest BCUT2D eigenvalue weighted by Crippen LogP contribution is -2.17. The number of carboxylic acid groups (broad SMARTS) is 2. The van der Waals surface area contributed by atoms with Gasteiger partial charge in [-0.15, -0.1) is 0 Å². The van der Waals surface area contributed by atoms with Gasteiger partial charge in [-0.1, -0.05) is 57.9 Å². The number of nitrogens with zero attached hydrogens (tertiary/aromatic N) is 3. The van der Waals surface area contributed by atoms with Crippen LogP contribution in [0, 0.1) is 13.8 Å². The summed E-state index contributed by atoms with van der Waals surface area (Å²) in [5, 5.41) is 36.3. The van der Waals surface area contributed by atoms with Crippen molar-refractivity contribution in [2.24, 2.45) is 5.16 Å². The van der Waals surface area contributed by atoms with Gasteiger partial charge in [0.15, 0.2) is 0 Å². The van der Waals surface area contributed by atoms with Gasteiger partial charge in [0, 0.05) is 64.6 Å². The molecule has 0 unspecified atom stereocenters. The molecule has 14 heteroatoms. The summed E-state index contributed by atoms with van der Waals surface area (Å²) < 4.78 is 3.57. The fourth-order valence-corrected chi connectivity index (χ4v) is 8.38. The van der Waals surface area contributed by atoms with Crippen LogP contribution in [0.25, 0.3) is 10.9 Å². The molecule has 2 aromatic heterocycles. The van der Waals surface area contributed by atoms with Gasteiger partial charge in [-0.05, 0) is 93.8 Å². The van der Waals surface area contributed by atoms with E-state index >= 15 is 0 Å². The SMILES string of the molecule is CC(=O)Nc1cccc2c1c(Sc1ccc(Cl)cc1)c(C)n2CC(=O)O.Cc1c(Sc2ccc(Cl)cc2)c2c(n1CC(=O)O)CCC/C2=N\O. The highest BCUT2D eigenvalue weighted by atomic mass is 35.5. The Hall–Kier alpha value is -4.36. The van der Waals surface area contributed by atoms with Gasteiger partial charge in [0.1, 0.15) is 13.1 Å². The molecule has 0 saturated carbocycles. The number of fused-ring (bicyclic) bond motifs is 2. The Morgan fingerprint density at radius 2 is 1.34 bits per heavy atom. The van der Waals surface area contributed by atoms with Crippen LogP contribution in [0.2, 0.25) is 10.0 Å². The van der Waals surface area contributed by atoms with Gasteiger partial charge in [0.25, 0.3) is 0 Å². The molecular weight excluding hydrogens is 719 g/mol. The first-order chi connectivity index (χ1) is 23.9. The highest BCUT2D eigenvalue weighted by Crippen LogP contribution is 2.42. The van der Waals surface area contributed by atoms with E-state index in [1.807, 2.05) is 85.1 Å². The van der Waals surface area contributed by atoms with E-state index in [1.165, 1.54) is 18.7 Å². The number of oxime groups is 1. The molecule has 1 amide bonds. The van der Waals surface area contributed by atoms with Gasteiger partial charge < -0.3 is 29.9 Å². The van der Waals surface area contributed by atoms with Crippen LogP contribution in [-0.2, 0) is 33.9 Å². The van der Waals surface area contributed by atoms with Gasteiger partial charge >= 0.3 is 11.9 Å². The van der Waals surface area contributed by atoms with Crippen molar-refractivity contribution in [3.63, 3.8) is 0 Å². The Morgan fingerprint density at radius 1 is 0.800 bits per heavy atom. The molecule has 0 aliphatic heterocycles. The topological polar surface area (TPSA) is 146 Å². The standard InChI is InChI=1S/C19H17ClN2O3S.C17H17ClN2O3S/c1-11-19(26-14-8-6-13(20)7-9-14)18-15(21-12(2)23)4-3-5-16(18)22(11)10-17(24)25;1-10-17(24-12-7-5-11(18)6-8-12)16-13(19-23)3-2-4-14(16)20(10)9-15(21)22/h3-9H,10H2,1-2H3,(H,21,23)(H,24,25);5-8,23H,2-4,9H2,1H3,(H,21,22)/b;19-13+. The third-order valence-electron chi connectivity index (χ3n) is 8.07. The Kier molecular flexibility index (Phi) is 11.9. The van der Waals surface area contributed by atoms with Crippen LogP contribution in [0.3, 0.4) is 0 Å². The predicted molar refractivity (Wildman–Crippen MR) is 198 cm³/mol. The quantitative estimate of drug-likeness (QED) is 0.0862. The second kappa shape index (κ2) is 16.1. The smallest absolute Gasteiger partial charge is 0.323 e. The lowest BCUT2D eigenvalue weighted by molar-refractivity contribution is -0.138. The van der Waals surface area contributed by atoms with Crippen molar-refractivity contribution in [3.8, 4) is 0 Å². The first kappa shape index (κ1) is 36.9. The second-order valence-electron chi connectivity index (χ2n) is 11.5. The Labute approximate surface area is 307 Å². The lowest BCUT2D eigenvalue weighted by atomic mass is 9.96. The summed E-state index contributed by atoms with van der Waals surface area (Å²) in [6.07, 6.45) is 2.32. The number of carboxylic acids is 2. The van der Waals surface area contributed by atoms with Crippen molar-refractivity contribution >= 4 is 86.9 Å². The Morgan fingerprint density at radius 3 is 1.88 bits per heavy atom. The number of anilines is 1. The molecular formula is C36H34Cl2N4O6S2. The van der Waals surface area contributed by atoms with Crippen LogP contribution in [0.15, 0.2) is 91.5 Å². The summed E-state index contributed by atoms with van der Waals surface area (Å²) in [5.74, 6) is -1.98. The van der Waals surface area contributed by atoms with E-state index in [0.717, 1.165) is 66.0 Å². The van der Waals surface area contributed by atoms with Crippen LogP contribution in [0.5, 0.6) is 0 Å². The van der Waals surface area contributed by atoms with Gasteiger partial charge in [-0.2, -0.15) is 0 Å². The van der Waals surface area contributed by atoms with Crippen LogP contribution < -0.4 is 5.32 Å². The molecule has 2 heterocycles. The van der Waals surface area contributed by atoms with E-state index in [9.17, 15) is 29.8 Å². The summed E-state index contributed by atoms with van der Waals surface area (Å²) >= 11 is 15.0. The molecule has 10 nitrogen and oxygen atoms in total. The predicted octanol–water partition coefficient (Wildman–Crippen LogP) is 9.00. The molecule has 0 bridgehead atoms. The lowest BCUT2D eigenvalue weighted by Gasteiger charge is -2.16. The van der Waals surface area contributed by atoms with Crippen molar-refractivity contribution in [1.29, 1.82) is 0 Å². The van der Waals surface area contributed by atoms with Crippen LogP contribution in [0.4, 0.5) is 5.69 Å². The van der Waals surface area contributed by atoms with Crippen molar-refractivity contribution in [1.82, 2.24) is 9.13 Å². The fourth-order valence-electron chi connectivity index (χ4n) is 5.94. The number of amides is 1. The summed E-state index contributed by atoms with van der Waals surface area (Å²) in [7, 11) is 0. The summed E-state index contributed by atoms with van der Waals surface area (Å²) in [6, 6.07) is 20.4. The molecule has 0 spiro atoms. The molecule has 0 fully saturated rings. The van der Waals surface area contributed by atoms with E-state index in [2.05, 4.69) is 10.5 Å². The van der Waals surface area contributed by atoms with Crippen molar-refractivity contribution < 1.29 is 29.8 Å². The van der Waals surface area contributed by atoms with E-state index < -0.39 is 11.9 Å². The Bertz CT molecular complexity index is 2110. The number of hydrogen-bond acceptors (Lipinski definition) is 7. The highest BCUT2D eigenvalue weighted by molar-refractivity contribution is 7.99. The second-order valence-corrected chi connectivity index (χ2v) is 14.5. The normalized spacial score (nSPS) is 13.1. The number of aromatic nitrogens is 2. The number of nitrogens with one attached hydrogen (secondary N) is 1. The van der Waals surface area contributed by atoms with E-state index in [0.29, 0.717) is 27.9 Å². The average molecular weight is 754 g/mol. The molecule has 1 aliphatic carbocycles. The molecule has 0 saturated heterocycles. The third-order valence-corrected chi connectivity index (χ3v) is 11.0. The molecule has 0 radical (unpaired) electrons. The van der Waals surface area contributed by atoms with Crippen molar-refractivity contribution in [2.75, 3.05) is 5.32 Å². The molecule has 260 valence electrons. The minimum Gasteiger partial charge on any atom is -0.480 e. The maximum atomic E-state index is 11.6. The molecule has 3 aromatic carbocycles. The molecule has 5 aromatic rings. The van der Waals surface area contributed by atoms with Gasteiger partial charge in [-0.3, -0.25) is 14.4 Å². The van der Waals surface area contributed by atoms with Gasteiger partial charge in [0.2, 0.25) is 5.91 Å². The zero-order valence-electron chi connectivity index (χ0n) is 27.4. The molecule has 50 heavy (non-hydrogen) atoms. The summed E-state index contributed by atoms with van der Waals surface area (Å²) in [4.78, 5) is 38.0. The zero-order valence-corrected chi connectivity index (χ0v) is 30.5. The number of rotatable bonds is 9. The number of aliphatic carboxylic acids is 2. The van der Waals surface area contributed by atoms with E-state index in [4.69, 9.17) is 23.2 Å². The molecule has 6 rings (SSSR count). The van der Waals surface area contributed by atoms with E-state index in [-0.39, 0.29) is 19.0 Å². The van der Waals surface area contributed by atoms with Gasteiger partial charge in [0.05, 0.1) is 16.9 Å². The monoisotopic (exact) mass is 752 g/mol. The van der Waals surface area contributed by atoms with Crippen LogP contribution in [0.1, 0.15) is 42.4 Å². The van der Waals surface area contributed by atoms with E-state index in [1.54, 1.807) is 16.3 Å². The third kappa shape index (κ3) is 8.32. The van der Waals surface area contributed by atoms with Crippen LogP contribution >= 0.6 is 46.7 Å². The minimum absolute atomic E-state index is 0.0892. The summed E-state index contributed by atoms with van der Waals surface area (Å²) in [6.45, 7) is 5.01. The van der Waals surface area contributed by atoms with Crippen molar-refractivity contribution in [3.05, 3.63) is 99.4 Å². The molecule has 0 atom stereocenters. The zero-order chi connectivity index (χ0) is 36.1. The van der Waals surface area contributed by atoms with Crippen molar-refractivity contribution in [2.45, 2.75) is 72.7 Å². The van der Waals surface area contributed by atoms with Gasteiger partial charge in [-0.25, -0.2) is 0 Å². The number of halogens is 2. The maximum Gasteiger partial charge on any atom is 0.323 e. The highest BCUT2D eigenvalue weighted by Gasteiger charge is 2.28. The molecule has 1 aliphatic rings. The number of carbonyl (C=O) groups excluding carboxylic acids is 1. The van der Waals surface area contributed by atoms with Crippen LogP contribution in [-0.4, -0.2) is 48.1 Å². The number of benzene rings is 3.